The molecule has 0 spiro atoms. The van der Waals surface area contributed by atoms with Crippen LogP contribution in [0, 0.1) is 0 Å². The van der Waals surface area contributed by atoms with Crippen molar-refractivity contribution < 1.29 is 32.2 Å². The average molecular weight is 424 g/mol. The molecule has 0 heterocycles. The van der Waals surface area contributed by atoms with Gasteiger partial charge in [-0.25, -0.2) is 8.42 Å². The van der Waals surface area contributed by atoms with Crippen molar-refractivity contribution in [3.63, 3.8) is 0 Å². The molecule has 0 aliphatic heterocycles. The van der Waals surface area contributed by atoms with Crippen molar-refractivity contribution in [3.8, 4) is 17.2 Å². The van der Waals surface area contributed by atoms with E-state index in [-0.39, 0.29) is 27.8 Å². The molecule has 156 valence electrons. The summed E-state index contributed by atoms with van der Waals surface area (Å²) < 4.78 is 43.3. The Morgan fingerprint density at radius 3 is 2.17 bits per heavy atom. The Hall–Kier alpha value is -3.67. The molecule has 2 aromatic carbocycles. The van der Waals surface area contributed by atoms with E-state index in [1.54, 1.807) is 6.07 Å². The minimum Gasteiger partial charge on any atom is -0.497 e. The Morgan fingerprint density at radius 2 is 1.59 bits per heavy atom. The van der Waals surface area contributed by atoms with Crippen LogP contribution in [0.1, 0.15) is 0 Å². The highest BCUT2D eigenvalue weighted by atomic mass is 32.2. The number of benzene rings is 2. The summed E-state index contributed by atoms with van der Waals surface area (Å²) >= 11 is 0. The SMILES string of the molecule is COc1ccc(N)c(NS(=O)(=O)c2ccc(OCC(N)=O)c(OCC(N)=O)c2)c1. The second kappa shape index (κ2) is 9.01. The van der Waals surface area contributed by atoms with Gasteiger partial charge >= 0.3 is 0 Å². The number of nitrogen functional groups attached to an aromatic ring is 1. The van der Waals surface area contributed by atoms with E-state index in [0.29, 0.717) is 5.75 Å². The molecule has 0 bridgehead atoms. The number of hydrogen-bond acceptors (Lipinski definition) is 8. The fourth-order valence-electron chi connectivity index (χ4n) is 2.14. The van der Waals surface area contributed by atoms with Crippen LogP contribution in [0.3, 0.4) is 0 Å². The number of methoxy groups -OCH3 is 1. The number of sulfonamides is 1. The molecule has 0 saturated carbocycles. The number of primary amides is 2. The zero-order valence-corrected chi connectivity index (χ0v) is 16.2. The van der Waals surface area contributed by atoms with E-state index in [2.05, 4.69) is 4.72 Å². The number of carbonyl (C=O) groups excluding carboxylic acids is 2. The average Bonchev–Trinajstić information content (AvgIpc) is 2.66. The monoisotopic (exact) mass is 424 g/mol. The van der Waals surface area contributed by atoms with E-state index in [0.717, 1.165) is 6.07 Å². The third-order valence-electron chi connectivity index (χ3n) is 3.47. The summed E-state index contributed by atoms with van der Waals surface area (Å²) in [5, 5.41) is 0. The van der Waals surface area contributed by atoms with Crippen LogP contribution in [-0.2, 0) is 19.6 Å². The molecule has 0 atom stereocenters. The van der Waals surface area contributed by atoms with Crippen molar-refractivity contribution in [1.29, 1.82) is 0 Å². The molecule has 29 heavy (non-hydrogen) atoms. The van der Waals surface area contributed by atoms with Gasteiger partial charge in [0.2, 0.25) is 0 Å². The first kappa shape index (κ1) is 21.6. The zero-order valence-electron chi connectivity index (χ0n) is 15.4. The molecular formula is C17H20N4O7S. The van der Waals surface area contributed by atoms with Gasteiger partial charge in [-0.1, -0.05) is 0 Å². The summed E-state index contributed by atoms with van der Waals surface area (Å²) in [7, 11) is -2.67. The van der Waals surface area contributed by atoms with Gasteiger partial charge in [0.25, 0.3) is 21.8 Å². The van der Waals surface area contributed by atoms with E-state index < -0.39 is 35.1 Å². The molecule has 12 heteroatoms. The van der Waals surface area contributed by atoms with Crippen LogP contribution in [0.5, 0.6) is 17.2 Å². The molecular weight excluding hydrogens is 404 g/mol. The molecule has 0 saturated heterocycles. The van der Waals surface area contributed by atoms with Gasteiger partial charge in [-0.2, -0.15) is 0 Å². The third-order valence-corrected chi connectivity index (χ3v) is 4.83. The number of carbonyl (C=O) groups is 2. The predicted octanol–water partition coefficient (Wildman–Crippen LogP) is -0.194. The van der Waals surface area contributed by atoms with Crippen molar-refractivity contribution in [1.82, 2.24) is 0 Å². The van der Waals surface area contributed by atoms with Crippen molar-refractivity contribution in [3.05, 3.63) is 36.4 Å². The largest absolute Gasteiger partial charge is 0.497 e. The van der Waals surface area contributed by atoms with Crippen LogP contribution in [0.15, 0.2) is 41.3 Å². The summed E-state index contributed by atoms with van der Waals surface area (Å²) in [6.45, 7) is -1.01. The summed E-state index contributed by atoms with van der Waals surface area (Å²) in [4.78, 5) is 21.7. The number of amides is 2. The molecule has 0 radical (unpaired) electrons. The maximum absolute atomic E-state index is 12.8. The van der Waals surface area contributed by atoms with Crippen LogP contribution < -0.4 is 36.1 Å². The van der Waals surface area contributed by atoms with Crippen molar-refractivity contribution in [2.75, 3.05) is 30.8 Å². The minimum atomic E-state index is -4.10. The van der Waals surface area contributed by atoms with Crippen molar-refractivity contribution in [2.45, 2.75) is 4.90 Å². The molecule has 2 aromatic rings. The summed E-state index contributed by atoms with van der Waals surface area (Å²) in [5.41, 5.74) is 16.2. The van der Waals surface area contributed by atoms with Crippen LogP contribution >= 0.6 is 0 Å². The van der Waals surface area contributed by atoms with Crippen LogP contribution in [-0.4, -0.2) is 40.6 Å². The van der Waals surface area contributed by atoms with Crippen molar-refractivity contribution in [2.24, 2.45) is 11.5 Å². The van der Waals surface area contributed by atoms with Crippen LogP contribution in [0.4, 0.5) is 11.4 Å². The van der Waals surface area contributed by atoms with Gasteiger partial charge in [0.1, 0.15) is 5.75 Å². The zero-order chi connectivity index (χ0) is 21.6. The number of anilines is 2. The van der Waals surface area contributed by atoms with Gasteiger partial charge in [-0.3, -0.25) is 14.3 Å². The van der Waals surface area contributed by atoms with E-state index in [9.17, 15) is 18.0 Å². The third kappa shape index (κ3) is 5.90. The van der Waals surface area contributed by atoms with Crippen molar-refractivity contribution >= 4 is 33.2 Å². The lowest BCUT2D eigenvalue weighted by atomic mass is 10.2. The van der Waals surface area contributed by atoms with E-state index in [4.69, 9.17) is 31.4 Å². The summed E-state index contributed by atoms with van der Waals surface area (Å²) in [6.07, 6.45) is 0. The minimum absolute atomic E-state index is 0.00453. The van der Waals surface area contributed by atoms with E-state index >= 15 is 0 Å². The molecule has 0 fully saturated rings. The molecule has 2 amide bonds. The number of nitrogens with two attached hydrogens (primary N) is 3. The molecule has 0 aromatic heterocycles. The van der Waals surface area contributed by atoms with Gasteiger partial charge < -0.3 is 31.4 Å². The molecule has 0 unspecified atom stereocenters. The second-order valence-corrected chi connectivity index (χ2v) is 7.36. The van der Waals surface area contributed by atoms with Crippen LogP contribution in [0.25, 0.3) is 0 Å². The fraction of sp³-hybridized carbons (Fsp3) is 0.176. The van der Waals surface area contributed by atoms with Gasteiger partial charge in [0.15, 0.2) is 24.7 Å². The van der Waals surface area contributed by atoms with Crippen LogP contribution in [0.2, 0.25) is 0 Å². The highest BCUT2D eigenvalue weighted by Crippen LogP contribution is 2.32. The lowest BCUT2D eigenvalue weighted by Crippen LogP contribution is -2.22. The maximum atomic E-state index is 12.8. The summed E-state index contributed by atoms with van der Waals surface area (Å²) in [6, 6.07) is 8.06. The summed E-state index contributed by atoms with van der Waals surface area (Å²) in [5.74, 6) is -1.26. The Labute approximate surface area is 166 Å². The molecule has 11 nitrogen and oxygen atoms in total. The Bertz CT molecular complexity index is 1020. The predicted molar refractivity (Wildman–Crippen MR) is 104 cm³/mol. The molecule has 2 rings (SSSR count). The number of ether oxygens (including phenoxy) is 3. The first-order valence-electron chi connectivity index (χ1n) is 8.05. The number of rotatable bonds is 10. The van der Waals surface area contributed by atoms with Gasteiger partial charge in [-0.15, -0.1) is 0 Å². The normalized spacial score (nSPS) is 10.8. The quantitative estimate of drug-likeness (QED) is 0.378. The highest BCUT2D eigenvalue weighted by Gasteiger charge is 2.20. The maximum Gasteiger partial charge on any atom is 0.262 e. The van der Waals surface area contributed by atoms with Gasteiger partial charge in [-0.05, 0) is 24.3 Å². The standard InChI is InChI=1S/C17H20N4O7S/c1-26-10-2-4-12(18)13(6-10)21-29(24,25)11-3-5-14(27-8-16(19)22)15(7-11)28-9-17(20)23/h2-7,21H,8-9,18H2,1H3,(H2,19,22)(H2,20,23). The molecule has 0 aliphatic rings. The Balaban J connectivity index is 2.37. The van der Waals surface area contributed by atoms with E-state index in [1.165, 1.54) is 31.4 Å². The lowest BCUT2D eigenvalue weighted by molar-refractivity contribution is -0.121. The first-order chi connectivity index (χ1) is 13.6. The lowest BCUT2D eigenvalue weighted by Gasteiger charge is -2.15. The van der Waals surface area contributed by atoms with Gasteiger partial charge in [0.05, 0.1) is 23.4 Å². The number of hydrogen-bond donors (Lipinski definition) is 4. The second-order valence-electron chi connectivity index (χ2n) is 5.68. The molecule has 7 N–H and O–H groups in total. The van der Waals surface area contributed by atoms with E-state index in [1.807, 2.05) is 0 Å². The Kier molecular flexibility index (Phi) is 6.72. The molecule has 0 aliphatic carbocycles. The highest BCUT2D eigenvalue weighted by molar-refractivity contribution is 7.92. The smallest absolute Gasteiger partial charge is 0.262 e. The van der Waals surface area contributed by atoms with Gasteiger partial charge in [0, 0.05) is 12.1 Å². The fourth-order valence-corrected chi connectivity index (χ4v) is 3.23. The first-order valence-corrected chi connectivity index (χ1v) is 9.53. The Morgan fingerprint density at radius 1 is 0.966 bits per heavy atom. The topological polar surface area (TPSA) is 186 Å². The number of nitrogens with one attached hydrogen (secondary N) is 1.